The molecule has 1 N–H and O–H groups in total. The second-order valence-electron chi connectivity index (χ2n) is 4.71. The molecule has 0 aliphatic carbocycles. The molecule has 1 unspecified atom stereocenters. The second kappa shape index (κ2) is 6.47. The van der Waals surface area contributed by atoms with Gasteiger partial charge in [0.25, 0.3) is 0 Å². The summed E-state index contributed by atoms with van der Waals surface area (Å²) >= 11 is 1.53. The van der Waals surface area contributed by atoms with Crippen LogP contribution in [-0.4, -0.2) is 44.2 Å². The van der Waals surface area contributed by atoms with Gasteiger partial charge in [-0.05, 0) is 24.3 Å². The largest absolute Gasteiger partial charge is 0.273 e. The molecule has 0 saturated carbocycles. The van der Waals surface area contributed by atoms with Gasteiger partial charge in [-0.1, -0.05) is 6.07 Å². The molecule has 20 heavy (non-hydrogen) atoms. The van der Waals surface area contributed by atoms with Crippen LogP contribution in [-0.2, 0) is 14.8 Å². The van der Waals surface area contributed by atoms with Crippen molar-refractivity contribution in [3.8, 4) is 0 Å². The SMILES string of the molecule is CS(=O)(=O)N1CCCC(C(=O)NN=Cc2cccs2)C1. The molecule has 1 amide bonds. The zero-order chi connectivity index (χ0) is 14.6. The van der Waals surface area contributed by atoms with Crippen LogP contribution >= 0.6 is 11.3 Å². The van der Waals surface area contributed by atoms with Crippen LogP contribution in [0.3, 0.4) is 0 Å². The molecular formula is C12H17N3O3S2. The standard InChI is InChI=1S/C12H17N3O3S2/c1-20(17,18)15-6-2-4-10(9-15)12(16)14-13-8-11-5-3-7-19-11/h3,5,7-8,10H,2,4,6,9H2,1H3,(H,14,16). The maximum atomic E-state index is 12.0. The molecular weight excluding hydrogens is 298 g/mol. The number of sulfonamides is 1. The lowest BCUT2D eigenvalue weighted by molar-refractivity contribution is -0.126. The summed E-state index contributed by atoms with van der Waals surface area (Å²) in [5.41, 5.74) is 2.48. The van der Waals surface area contributed by atoms with E-state index >= 15 is 0 Å². The maximum Gasteiger partial charge on any atom is 0.244 e. The summed E-state index contributed by atoms with van der Waals surface area (Å²) in [4.78, 5) is 12.9. The summed E-state index contributed by atoms with van der Waals surface area (Å²) in [6, 6.07) is 3.80. The molecule has 6 nitrogen and oxygen atoms in total. The van der Waals surface area contributed by atoms with Crippen LogP contribution in [0.25, 0.3) is 0 Å². The van der Waals surface area contributed by atoms with Crippen LogP contribution in [0.15, 0.2) is 22.6 Å². The molecule has 0 aromatic carbocycles. The predicted molar refractivity (Wildman–Crippen MR) is 79.2 cm³/mol. The van der Waals surface area contributed by atoms with Gasteiger partial charge in [-0.3, -0.25) is 4.79 Å². The van der Waals surface area contributed by atoms with Crippen LogP contribution in [0.4, 0.5) is 0 Å². The highest BCUT2D eigenvalue weighted by Gasteiger charge is 2.29. The van der Waals surface area contributed by atoms with E-state index in [1.165, 1.54) is 21.9 Å². The van der Waals surface area contributed by atoms with E-state index in [-0.39, 0.29) is 18.4 Å². The van der Waals surface area contributed by atoms with E-state index in [9.17, 15) is 13.2 Å². The molecule has 1 fully saturated rings. The summed E-state index contributed by atoms with van der Waals surface area (Å²) in [6.45, 7) is 0.722. The Kier molecular flexibility index (Phi) is 4.90. The molecule has 1 aromatic heterocycles. The van der Waals surface area contributed by atoms with Gasteiger partial charge in [0.05, 0.1) is 18.4 Å². The molecule has 1 atom stereocenters. The predicted octanol–water partition coefficient (Wildman–Crippen LogP) is 0.870. The van der Waals surface area contributed by atoms with Crippen molar-refractivity contribution in [3.63, 3.8) is 0 Å². The zero-order valence-corrected chi connectivity index (χ0v) is 12.8. The Morgan fingerprint density at radius 2 is 2.40 bits per heavy atom. The Labute approximate surface area is 122 Å². The highest BCUT2D eigenvalue weighted by Crippen LogP contribution is 2.18. The Balaban J connectivity index is 1.89. The summed E-state index contributed by atoms with van der Waals surface area (Å²) in [5, 5.41) is 5.82. The maximum absolute atomic E-state index is 12.0. The number of hydrogen-bond acceptors (Lipinski definition) is 5. The lowest BCUT2D eigenvalue weighted by Gasteiger charge is -2.29. The van der Waals surface area contributed by atoms with Crippen molar-refractivity contribution >= 4 is 33.5 Å². The Morgan fingerprint density at radius 1 is 1.60 bits per heavy atom. The van der Waals surface area contributed by atoms with Gasteiger partial charge in [0.2, 0.25) is 15.9 Å². The van der Waals surface area contributed by atoms with Gasteiger partial charge in [0, 0.05) is 18.0 Å². The van der Waals surface area contributed by atoms with Crippen molar-refractivity contribution in [2.24, 2.45) is 11.0 Å². The Bertz CT molecular complexity index is 581. The molecule has 0 radical (unpaired) electrons. The Morgan fingerprint density at radius 3 is 3.05 bits per heavy atom. The summed E-state index contributed by atoms with van der Waals surface area (Å²) in [6.07, 6.45) is 4.13. The molecule has 1 saturated heterocycles. The molecule has 1 aliphatic heterocycles. The van der Waals surface area contributed by atoms with Crippen molar-refractivity contribution in [3.05, 3.63) is 22.4 Å². The van der Waals surface area contributed by atoms with E-state index in [0.29, 0.717) is 19.4 Å². The highest BCUT2D eigenvalue weighted by molar-refractivity contribution is 7.88. The fraction of sp³-hybridized carbons (Fsp3) is 0.500. The molecule has 0 spiro atoms. The van der Waals surface area contributed by atoms with Crippen LogP contribution < -0.4 is 5.43 Å². The van der Waals surface area contributed by atoms with E-state index in [0.717, 1.165) is 4.88 Å². The number of amides is 1. The van der Waals surface area contributed by atoms with Gasteiger partial charge in [0.1, 0.15) is 0 Å². The minimum absolute atomic E-state index is 0.230. The van der Waals surface area contributed by atoms with Gasteiger partial charge in [-0.25, -0.2) is 18.1 Å². The highest BCUT2D eigenvalue weighted by atomic mass is 32.2. The molecule has 110 valence electrons. The topological polar surface area (TPSA) is 78.8 Å². The lowest BCUT2D eigenvalue weighted by Crippen LogP contribution is -2.44. The number of hydrazone groups is 1. The summed E-state index contributed by atoms with van der Waals surface area (Å²) in [7, 11) is -3.23. The van der Waals surface area contributed by atoms with Crippen molar-refractivity contribution < 1.29 is 13.2 Å². The number of rotatable bonds is 4. The van der Waals surface area contributed by atoms with Crippen LogP contribution in [0.5, 0.6) is 0 Å². The number of nitrogens with one attached hydrogen (secondary N) is 1. The number of thiophene rings is 1. The quantitative estimate of drug-likeness (QED) is 0.661. The first-order valence-electron chi connectivity index (χ1n) is 6.28. The van der Waals surface area contributed by atoms with Gasteiger partial charge in [-0.15, -0.1) is 11.3 Å². The molecule has 1 aliphatic rings. The van der Waals surface area contributed by atoms with Crippen LogP contribution in [0.2, 0.25) is 0 Å². The molecule has 8 heteroatoms. The van der Waals surface area contributed by atoms with E-state index < -0.39 is 10.0 Å². The van der Waals surface area contributed by atoms with Crippen molar-refractivity contribution in [1.29, 1.82) is 0 Å². The van der Waals surface area contributed by atoms with Gasteiger partial charge in [0.15, 0.2) is 0 Å². The van der Waals surface area contributed by atoms with Gasteiger partial charge >= 0.3 is 0 Å². The van der Waals surface area contributed by atoms with Gasteiger partial charge < -0.3 is 0 Å². The fourth-order valence-corrected chi connectivity index (χ4v) is 3.57. The van der Waals surface area contributed by atoms with Crippen LogP contribution in [0.1, 0.15) is 17.7 Å². The normalized spacial score (nSPS) is 21.1. The number of carbonyl (C=O) groups excluding carboxylic acids is 1. The second-order valence-corrected chi connectivity index (χ2v) is 7.67. The first kappa shape index (κ1) is 15.1. The molecule has 1 aromatic rings. The third kappa shape index (κ3) is 4.12. The van der Waals surface area contributed by atoms with Crippen molar-refractivity contribution in [1.82, 2.24) is 9.73 Å². The smallest absolute Gasteiger partial charge is 0.244 e. The van der Waals surface area contributed by atoms with E-state index in [4.69, 9.17) is 0 Å². The summed E-state index contributed by atoms with van der Waals surface area (Å²) < 4.78 is 24.3. The lowest BCUT2D eigenvalue weighted by atomic mass is 9.99. The Hall–Kier alpha value is -1.25. The minimum atomic E-state index is -3.23. The number of hydrogen-bond donors (Lipinski definition) is 1. The minimum Gasteiger partial charge on any atom is -0.273 e. The third-order valence-corrected chi connectivity index (χ3v) is 5.21. The van der Waals surface area contributed by atoms with Gasteiger partial charge in [-0.2, -0.15) is 5.10 Å². The van der Waals surface area contributed by atoms with Crippen LogP contribution in [0, 0.1) is 5.92 Å². The number of piperidine rings is 1. The monoisotopic (exact) mass is 315 g/mol. The van der Waals surface area contributed by atoms with Crippen molar-refractivity contribution in [2.45, 2.75) is 12.8 Å². The molecule has 0 bridgehead atoms. The molecule has 2 heterocycles. The first-order chi connectivity index (χ1) is 9.47. The van der Waals surface area contributed by atoms with E-state index in [1.54, 1.807) is 6.21 Å². The molecule has 2 rings (SSSR count). The fourth-order valence-electron chi connectivity index (χ4n) is 2.07. The zero-order valence-electron chi connectivity index (χ0n) is 11.2. The van der Waals surface area contributed by atoms with E-state index in [1.807, 2.05) is 17.5 Å². The first-order valence-corrected chi connectivity index (χ1v) is 9.01. The average Bonchev–Trinajstić information content (AvgIpc) is 2.91. The number of carbonyl (C=O) groups is 1. The summed E-state index contributed by atoms with van der Waals surface area (Å²) in [5.74, 6) is -0.565. The van der Waals surface area contributed by atoms with E-state index in [2.05, 4.69) is 10.5 Å². The van der Waals surface area contributed by atoms with Crippen molar-refractivity contribution in [2.75, 3.05) is 19.3 Å². The number of nitrogens with zero attached hydrogens (tertiary/aromatic N) is 2. The third-order valence-electron chi connectivity index (χ3n) is 3.13. The average molecular weight is 315 g/mol.